The first-order valence-electron chi connectivity index (χ1n) is 5.01. The molecule has 0 heterocycles. The van der Waals surface area contributed by atoms with E-state index in [1.54, 1.807) is 24.3 Å². The fourth-order valence-corrected chi connectivity index (χ4v) is 3.54. The van der Waals surface area contributed by atoms with Gasteiger partial charge in [-0.3, -0.25) is 0 Å². The molecule has 16 heavy (non-hydrogen) atoms. The van der Waals surface area contributed by atoms with Crippen LogP contribution in [0.2, 0.25) is 0 Å². The van der Waals surface area contributed by atoms with Crippen molar-refractivity contribution in [3.63, 3.8) is 0 Å². The SMILES string of the molecule is NC1CC(NS(=O)(=O)c2cccc(Br)c2)C1. The first-order valence-corrected chi connectivity index (χ1v) is 7.28. The molecule has 88 valence electrons. The molecule has 0 unspecified atom stereocenters. The van der Waals surface area contributed by atoms with Gasteiger partial charge in [0.25, 0.3) is 0 Å². The van der Waals surface area contributed by atoms with Crippen LogP contribution < -0.4 is 10.5 Å². The second kappa shape index (κ2) is 4.44. The fraction of sp³-hybridized carbons (Fsp3) is 0.400. The van der Waals surface area contributed by atoms with Crippen molar-refractivity contribution in [2.45, 2.75) is 29.8 Å². The Balaban J connectivity index is 2.13. The van der Waals surface area contributed by atoms with Crippen LogP contribution in [-0.4, -0.2) is 20.5 Å². The van der Waals surface area contributed by atoms with E-state index in [-0.39, 0.29) is 17.0 Å². The van der Waals surface area contributed by atoms with Crippen molar-refractivity contribution in [1.29, 1.82) is 0 Å². The van der Waals surface area contributed by atoms with Crippen molar-refractivity contribution >= 4 is 26.0 Å². The first kappa shape index (κ1) is 12.0. The van der Waals surface area contributed by atoms with Crippen LogP contribution in [-0.2, 0) is 10.0 Å². The molecule has 0 atom stereocenters. The van der Waals surface area contributed by atoms with E-state index in [1.165, 1.54) is 0 Å². The highest BCUT2D eigenvalue weighted by Gasteiger charge is 2.30. The van der Waals surface area contributed by atoms with Crippen molar-refractivity contribution in [1.82, 2.24) is 4.72 Å². The molecule has 1 saturated carbocycles. The number of rotatable bonds is 3. The van der Waals surface area contributed by atoms with Gasteiger partial charge >= 0.3 is 0 Å². The van der Waals surface area contributed by atoms with Crippen LogP contribution in [0.15, 0.2) is 33.6 Å². The lowest BCUT2D eigenvalue weighted by atomic mass is 9.89. The molecule has 0 radical (unpaired) electrons. The molecule has 0 aliphatic heterocycles. The molecule has 0 amide bonds. The quantitative estimate of drug-likeness (QED) is 0.882. The fourth-order valence-electron chi connectivity index (χ4n) is 1.68. The predicted octanol–water partition coefficient (Wildman–Crippen LogP) is 1.22. The zero-order valence-corrected chi connectivity index (χ0v) is 11.0. The van der Waals surface area contributed by atoms with E-state index in [1.807, 2.05) is 0 Å². The Morgan fingerprint density at radius 2 is 2.06 bits per heavy atom. The highest BCUT2D eigenvalue weighted by atomic mass is 79.9. The van der Waals surface area contributed by atoms with Crippen molar-refractivity contribution in [3.05, 3.63) is 28.7 Å². The van der Waals surface area contributed by atoms with Gasteiger partial charge in [0.1, 0.15) is 0 Å². The lowest BCUT2D eigenvalue weighted by Gasteiger charge is -2.32. The highest BCUT2D eigenvalue weighted by Crippen LogP contribution is 2.21. The minimum atomic E-state index is -3.40. The Kier molecular flexibility index (Phi) is 3.34. The minimum absolute atomic E-state index is 0.0148. The molecule has 3 N–H and O–H groups in total. The monoisotopic (exact) mass is 304 g/mol. The summed E-state index contributed by atoms with van der Waals surface area (Å²) in [4.78, 5) is 0.280. The Labute approximate surface area is 103 Å². The second-order valence-corrected chi connectivity index (χ2v) is 6.64. The zero-order valence-electron chi connectivity index (χ0n) is 8.56. The van der Waals surface area contributed by atoms with E-state index in [0.29, 0.717) is 12.8 Å². The maximum absolute atomic E-state index is 11.9. The first-order chi connectivity index (χ1) is 7.47. The smallest absolute Gasteiger partial charge is 0.240 e. The summed E-state index contributed by atoms with van der Waals surface area (Å²) in [6.07, 6.45) is 1.43. The van der Waals surface area contributed by atoms with Gasteiger partial charge in [-0.15, -0.1) is 0 Å². The molecule has 2 rings (SSSR count). The number of nitrogens with two attached hydrogens (primary N) is 1. The van der Waals surface area contributed by atoms with Crippen LogP contribution in [0.5, 0.6) is 0 Å². The summed E-state index contributed by atoms with van der Waals surface area (Å²) >= 11 is 3.25. The largest absolute Gasteiger partial charge is 0.328 e. The van der Waals surface area contributed by atoms with E-state index in [4.69, 9.17) is 5.73 Å². The van der Waals surface area contributed by atoms with Crippen LogP contribution in [0.3, 0.4) is 0 Å². The molecule has 1 aliphatic carbocycles. The molecular weight excluding hydrogens is 292 g/mol. The van der Waals surface area contributed by atoms with Gasteiger partial charge in [0.15, 0.2) is 0 Å². The maximum Gasteiger partial charge on any atom is 0.240 e. The Morgan fingerprint density at radius 3 is 2.62 bits per heavy atom. The summed E-state index contributed by atoms with van der Waals surface area (Å²) in [6, 6.07) is 6.77. The van der Waals surface area contributed by atoms with Crippen molar-refractivity contribution in [2.75, 3.05) is 0 Å². The Hall–Kier alpha value is -0.430. The third kappa shape index (κ3) is 2.63. The molecule has 0 bridgehead atoms. The van der Waals surface area contributed by atoms with Crippen LogP contribution in [0.1, 0.15) is 12.8 Å². The summed E-state index contributed by atoms with van der Waals surface area (Å²) in [6.45, 7) is 0. The van der Waals surface area contributed by atoms with E-state index in [0.717, 1.165) is 4.47 Å². The lowest BCUT2D eigenvalue weighted by molar-refractivity contribution is 0.327. The number of nitrogens with one attached hydrogen (secondary N) is 1. The lowest BCUT2D eigenvalue weighted by Crippen LogP contribution is -2.50. The topological polar surface area (TPSA) is 72.2 Å². The van der Waals surface area contributed by atoms with Crippen molar-refractivity contribution < 1.29 is 8.42 Å². The van der Waals surface area contributed by atoms with Gasteiger partial charge in [0, 0.05) is 16.6 Å². The molecule has 4 nitrogen and oxygen atoms in total. The van der Waals surface area contributed by atoms with Gasteiger partial charge in [0.2, 0.25) is 10.0 Å². The predicted molar refractivity (Wildman–Crippen MR) is 65.5 cm³/mol. The number of sulfonamides is 1. The Morgan fingerprint density at radius 1 is 1.38 bits per heavy atom. The van der Waals surface area contributed by atoms with E-state index >= 15 is 0 Å². The minimum Gasteiger partial charge on any atom is -0.328 e. The molecular formula is C10H13BrN2O2S. The van der Waals surface area contributed by atoms with E-state index in [2.05, 4.69) is 20.7 Å². The third-order valence-corrected chi connectivity index (χ3v) is 4.61. The van der Waals surface area contributed by atoms with Gasteiger partial charge in [-0.2, -0.15) is 0 Å². The summed E-state index contributed by atoms with van der Waals surface area (Å²) in [5, 5.41) is 0. The number of halogens is 1. The third-order valence-electron chi connectivity index (χ3n) is 2.60. The molecule has 0 spiro atoms. The van der Waals surface area contributed by atoms with E-state index in [9.17, 15) is 8.42 Å². The van der Waals surface area contributed by atoms with Crippen LogP contribution in [0.4, 0.5) is 0 Å². The van der Waals surface area contributed by atoms with Gasteiger partial charge in [-0.05, 0) is 31.0 Å². The summed E-state index contributed by atoms with van der Waals surface area (Å²) in [5.41, 5.74) is 5.61. The van der Waals surface area contributed by atoms with Gasteiger partial charge in [-0.1, -0.05) is 22.0 Å². The molecule has 0 saturated heterocycles. The Bertz CT molecular complexity index is 483. The van der Waals surface area contributed by atoms with Crippen LogP contribution in [0.25, 0.3) is 0 Å². The van der Waals surface area contributed by atoms with Gasteiger partial charge in [-0.25, -0.2) is 13.1 Å². The van der Waals surface area contributed by atoms with Gasteiger partial charge < -0.3 is 5.73 Å². The molecule has 1 fully saturated rings. The number of hydrogen-bond donors (Lipinski definition) is 2. The number of hydrogen-bond acceptors (Lipinski definition) is 3. The highest BCUT2D eigenvalue weighted by molar-refractivity contribution is 9.10. The second-order valence-electron chi connectivity index (χ2n) is 4.01. The van der Waals surface area contributed by atoms with E-state index < -0.39 is 10.0 Å². The molecule has 0 aromatic heterocycles. The van der Waals surface area contributed by atoms with Gasteiger partial charge in [0.05, 0.1) is 4.90 Å². The molecule has 1 aliphatic rings. The van der Waals surface area contributed by atoms with Crippen LogP contribution in [0, 0.1) is 0 Å². The average molecular weight is 305 g/mol. The number of benzene rings is 1. The summed E-state index contributed by atoms with van der Waals surface area (Å²) < 4.78 is 27.2. The molecule has 1 aromatic rings. The summed E-state index contributed by atoms with van der Waals surface area (Å²) in [7, 11) is -3.40. The summed E-state index contributed by atoms with van der Waals surface area (Å²) in [5.74, 6) is 0. The van der Waals surface area contributed by atoms with Crippen molar-refractivity contribution in [2.24, 2.45) is 5.73 Å². The normalized spacial score (nSPS) is 25.1. The molecule has 6 heteroatoms. The molecule has 1 aromatic carbocycles. The van der Waals surface area contributed by atoms with Crippen molar-refractivity contribution in [3.8, 4) is 0 Å². The van der Waals surface area contributed by atoms with Crippen LogP contribution >= 0.6 is 15.9 Å². The average Bonchev–Trinajstić information content (AvgIpc) is 2.15. The standard InChI is InChI=1S/C10H13BrN2O2S/c11-7-2-1-3-10(4-7)16(14,15)13-9-5-8(12)6-9/h1-4,8-9,13H,5-6,12H2. The zero-order chi connectivity index (χ0) is 11.8. The maximum atomic E-state index is 11.9.